The van der Waals surface area contributed by atoms with Gasteiger partial charge in [0.1, 0.15) is 11.6 Å². The van der Waals surface area contributed by atoms with Crippen LogP contribution in [0.5, 0.6) is 5.75 Å². The van der Waals surface area contributed by atoms with Crippen LogP contribution in [0.3, 0.4) is 0 Å². The topological polar surface area (TPSA) is 50.9 Å². The van der Waals surface area contributed by atoms with Crippen LogP contribution in [0, 0.1) is 5.41 Å². The van der Waals surface area contributed by atoms with Crippen molar-refractivity contribution in [3.8, 4) is 67.5 Å². The van der Waals surface area contributed by atoms with E-state index in [4.69, 9.17) is 22.8 Å². The zero-order valence-electron chi connectivity index (χ0n) is 58.5. The molecule has 0 saturated carbocycles. The van der Waals surface area contributed by atoms with E-state index in [0.717, 1.165) is 16.7 Å². The van der Waals surface area contributed by atoms with Gasteiger partial charge in [-0.3, -0.25) is 9.55 Å². The van der Waals surface area contributed by atoms with Crippen LogP contribution in [-0.2, 0) is 16.2 Å². The van der Waals surface area contributed by atoms with E-state index < -0.39 is 102 Å². The Kier molecular flexibility index (Phi) is 7.67. The van der Waals surface area contributed by atoms with E-state index in [-0.39, 0.29) is 39.0 Å². The van der Waals surface area contributed by atoms with Crippen LogP contribution in [-0.4, -0.2) is 19.6 Å². The average molecular weight is 904 g/mol. The lowest BCUT2D eigenvalue weighted by Gasteiger charge is -2.40. The number of phenolic OH excluding ortho intramolecular Hbond substituents is 1. The monoisotopic (exact) mass is 904 g/mol. The molecule has 0 aliphatic heterocycles. The second kappa shape index (κ2) is 17.4. The van der Waals surface area contributed by atoms with Crippen LogP contribution < -0.4 is 0 Å². The molecule has 0 spiro atoms. The van der Waals surface area contributed by atoms with E-state index in [9.17, 15) is 12.0 Å². The predicted octanol–water partition coefficient (Wildman–Crippen LogP) is 17.6. The lowest BCUT2D eigenvalue weighted by molar-refractivity contribution is 0.225. The molecule has 0 aliphatic rings. The zero-order valence-corrected chi connectivity index (χ0v) is 40.5. The average Bonchev–Trinajstić information content (AvgIpc) is 0.946. The fraction of sp³-hybridized carbons (Fsp3) is 0.333. The van der Waals surface area contributed by atoms with Crippen LogP contribution in [0.15, 0.2) is 139 Å². The van der Waals surface area contributed by atoms with Gasteiger partial charge in [0.25, 0.3) is 0 Å². The van der Waals surface area contributed by atoms with Gasteiger partial charge in [0.05, 0.1) is 37.6 Å². The number of imidazole rings is 1. The van der Waals surface area contributed by atoms with Crippen LogP contribution >= 0.6 is 0 Å². The van der Waals surface area contributed by atoms with Crippen molar-refractivity contribution in [1.29, 1.82) is 0 Å². The van der Waals surface area contributed by atoms with Gasteiger partial charge >= 0.3 is 0 Å². The van der Waals surface area contributed by atoms with Crippen molar-refractivity contribution >= 4 is 11.0 Å². The third-order valence-electron chi connectivity index (χ3n) is 13.3. The molecule has 8 aromatic rings. The van der Waals surface area contributed by atoms with Crippen LogP contribution in [0.2, 0.25) is 0 Å². The van der Waals surface area contributed by atoms with Crippen LogP contribution in [0.25, 0.3) is 72.7 Å². The third kappa shape index (κ3) is 9.12. The van der Waals surface area contributed by atoms with Crippen molar-refractivity contribution in [2.24, 2.45) is 5.41 Å². The number of para-hydroxylation sites is 1. The fourth-order valence-electron chi connectivity index (χ4n) is 8.19. The summed E-state index contributed by atoms with van der Waals surface area (Å²) in [5.74, 6) is -2.40. The summed E-state index contributed by atoms with van der Waals surface area (Å²) in [5, 5.41) is 12.5. The Labute approximate surface area is 426 Å². The third-order valence-corrected chi connectivity index (χ3v) is 13.3. The number of fused-ring (bicyclic) bond motifs is 1. The maximum Gasteiger partial charge on any atom is 0.149 e. The van der Waals surface area contributed by atoms with Crippen molar-refractivity contribution < 1.29 is 29.8 Å². The van der Waals surface area contributed by atoms with E-state index in [1.807, 2.05) is 79.9 Å². The number of hydrogen-bond acceptors (Lipinski definition) is 3. The Balaban J connectivity index is 1.48. The lowest BCUT2D eigenvalue weighted by Crippen LogP contribution is -2.34. The minimum absolute atomic E-state index is 0.164. The molecule has 344 valence electrons. The Morgan fingerprint density at radius 1 is 0.597 bits per heavy atom. The molecule has 0 unspecified atom stereocenters. The number of phenols is 1. The van der Waals surface area contributed by atoms with Gasteiger partial charge in [0, 0.05) is 37.9 Å². The number of pyridine rings is 1. The number of aromatic nitrogens is 3. The second-order valence-electron chi connectivity index (χ2n) is 20.6. The predicted molar refractivity (Wildman–Crippen MR) is 286 cm³/mol. The Bertz CT molecular complexity index is 3890. The summed E-state index contributed by atoms with van der Waals surface area (Å²) in [7, 11) is 0. The zero-order chi connectivity index (χ0) is 63.8. The highest BCUT2D eigenvalue weighted by Crippen LogP contribution is 2.47. The van der Waals surface area contributed by atoms with Gasteiger partial charge in [-0.25, -0.2) is 4.98 Å². The Morgan fingerprint density at radius 2 is 1.30 bits per heavy atom. The molecule has 6 aromatic carbocycles. The first kappa shape index (κ1) is 29.5. The van der Waals surface area contributed by atoms with Crippen LogP contribution in [0.1, 0.15) is 168 Å². The normalized spacial score (nSPS) is 17.5. The van der Waals surface area contributed by atoms with Gasteiger partial charge in [0.2, 0.25) is 0 Å². The van der Waals surface area contributed by atoms with Gasteiger partial charge in [-0.2, -0.15) is 0 Å². The minimum Gasteiger partial charge on any atom is -0.507 e. The summed E-state index contributed by atoms with van der Waals surface area (Å²) in [6, 6.07) is 24.3. The number of aromatic hydroxyl groups is 1. The SMILES string of the molecule is [2H]c1nc(-c2cc(-c3cccc4c3nc(-c3cc(C([2H])(C)C)cc(C([2H])(C)C)c3O)n4-c3ccc(C(C)(C)C(C)(C)C)cc3-c3ccccc3)cc(C(C)(C)C)c2)c([2H])c(-c2c([2H])c([2H])c(C(C([2H])([2H])[2H])(C([2H])([2H])[2H])C([2H])([2H])[2H])c([2H])c2[2H])c1[2H]. The highest BCUT2D eigenvalue weighted by atomic mass is 16.3. The largest absolute Gasteiger partial charge is 0.507 e. The highest BCUT2D eigenvalue weighted by molar-refractivity contribution is 5.98. The first-order valence-corrected chi connectivity index (χ1v) is 22.6. The molecule has 2 heterocycles. The van der Waals surface area contributed by atoms with Gasteiger partial charge in [0.15, 0.2) is 0 Å². The number of hydrogen-bond donors (Lipinski definition) is 1. The van der Waals surface area contributed by atoms with Crippen molar-refractivity contribution in [2.45, 2.75) is 132 Å². The quantitative estimate of drug-likeness (QED) is 0.157. The maximum absolute atomic E-state index is 12.5. The molecule has 4 nitrogen and oxygen atoms in total. The van der Waals surface area contributed by atoms with E-state index in [1.54, 1.807) is 52.0 Å². The Morgan fingerprint density at radius 3 is 1.94 bits per heavy atom. The van der Waals surface area contributed by atoms with E-state index >= 15 is 0 Å². The van der Waals surface area contributed by atoms with Crippen molar-refractivity contribution in [2.75, 3.05) is 0 Å². The van der Waals surface area contributed by atoms with Crippen molar-refractivity contribution in [3.63, 3.8) is 0 Å². The van der Waals surface area contributed by atoms with E-state index in [1.165, 1.54) is 0 Å². The van der Waals surface area contributed by atoms with Crippen LogP contribution in [0.4, 0.5) is 0 Å². The van der Waals surface area contributed by atoms with Gasteiger partial charge in [-0.1, -0.05) is 188 Å². The molecule has 0 amide bonds. The molecule has 0 saturated heterocycles. The lowest BCUT2D eigenvalue weighted by atomic mass is 9.65. The maximum atomic E-state index is 12.5. The Hall–Kier alpha value is -6.26. The molecule has 0 bridgehead atoms. The number of nitrogens with zero attached hydrogens (tertiary/aromatic N) is 3. The molecular weight excluding hydrogens is 815 g/mol. The summed E-state index contributed by atoms with van der Waals surface area (Å²) >= 11 is 0. The fourth-order valence-corrected chi connectivity index (χ4v) is 8.19. The smallest absolute Gasteiger partial charge is 0.149 e. The summed E-state index contributed by atoms with van der Waals surface area (Å²) in [6.45, 7) is 11.9. The number of rotatable bonds is 9. The van der Waals surface area contributed by atoms with E-state index in [2.05, 4.69) is 57.8 Å². The van der Waals surface area contributed by atoms with Crippen molar-refractivity contribution in [3.05, 3.63) is 167 Å². The number of benzene rings is 6. The van der Waals surface area contributed by atoms with Gasteiger partial charge in [-0.05, 0) is 132 Å². The first-order chi connectivity index (χ1) is 38.7. The molecule has 8 rings (SSSR count). The first-order valence-electron chi connectivity index (χ1n) is 31.6. The molecule has 4 heteroatoms. The minimum atomic E-state index is -3.94. The highest BCUT2D eigenvalue weighted by Gasteiger charge is 2.35. The molecule has 67 heavy (non-hydrogen) atoms. The summed E-state index contributed by atoms with van der Waals surface area (Å²) < 4.78 is 159. The molecule has 2 aromatic heterocycles. The molecule has 0 aliphatic carbocycles. The molecule has 0 atom stereocenters. The second-order valence-corrected chi connectivity index (χ2v) is 20.6. The van der Waals surface area contributed by atoms with Gasteiger partial charge < -0.3 is 5.11 Å². The molecule has 0 radical (unpaired) electrons. The summed E-state index contributed by atoms with van der Waals surface area (Å²) in [5.41, 5.74) is -0.424. The summed E-state index contributed by atoms with van der Waals surface area (Å²) in [4.78, 5) is 9.90. The molecule has 1 N–H and O–H groups in total. The molecular formula is C63H71N3O. The standard InChI is InChI=1S/C63H71N3O/c1-39(2)44-35-51(40(3)4)58(67)53(36-44)59-65-57-50(22-19-23-56(57)66(59)55-29-28-48(63(14,15)62(11,12)13)38-52(55)42-20-17-16-18-21-42)45-32-46(34-49(33-45)61(8,9)10)54-37-43(30-31-64-54)41-24-26-47(27-25-41)60(5,6)7/h16-40,67H,1-15H3/i5D3,6D3,7D3,24D,25D,26D,27D,30D,31D,37D,39D,40D. The molecule has 0 fully saturated rings. The van der Waals surface area contributed by atoms with Crippen molar-refractivity contribution in [1.82, 2.24) is 14.5 Å². The van der Waals surface area contributed by atoms with Gasteiger partial charge in [-0.15, -0.1) is 0 Å². The summed E-state index contributed by atoms with van der Waals surface area (Å²) in [6.07, 6.45) is -0.754. The van der Waals surface area contributed by atoms with E-state index in [0.29, 0.717) is 44.8 Å².